The zero-order chi connectivity index (χ0) is 15.2. The van der Waals surface area contributed by atoms with Gasteiger partial charge in [0.15, 0.2) is 0 Å². The highest BCUT2D eigenvalue weighted by Gasteiger charge is 2.27. The molecule has 0 spiro atoms. The van der Waals surface area contributed by atoms with Gasteiger partial charge in [-0.1, -0.05) is 13.0 Å². The van der Waals surface area contributed by atoms with Crippen molar-refractivity contribution in [3.05, 3.63) is 35.1 Å². The topological polar surface area (TPSA) is 21.3 Å². The van der Waals surface area contributed by atoms with E-state index in [1.165, 1.54) is 12.1 Å². The highest BCUT2D eigenvalue weighted by atomic mass is 19.4. The highest BCUT2D eigenvalue weighted by molar-refractivity contribution is 5.27. The Hall–Kier alpha value is -1.14. The van der Waals surface area contributed by atoms with E-state index in [1.807, 2.05) is 6.92 Å². The van der Waals surface area contributed by atoms with E-state index in [9.17, 15) is 17.6 Å². The molecule has 0 aromatic heterocycles. The van der Waals surface area contributed by atoms with Gasteiger partial charge in [0.1, 0.15) is 12.4 Å². The zero-order valence-electron chi connectivity index (χ0n) is 11.6. The Bertz CT molecular complexity index is 420. The van der Waals surface area contributed by atoms with E-state index < -0.39 is 12.8 Å². The Labute approximate surface area is 116 Å². The van der Waals surface area contributed by atoms with Crippen LogP contribution in [0.2, 0.25) is 0 Å². The van der Waals surface area contributed by atoms with E-state index in [2.05, 4.69) is 10.1 Å². The molecule has 0 amide bonds. The van der Waals surface area contributed by atoms with Crippen LogP contribution in [-0.2, 0) is 11.2 Å². The van der Waals surface area contributed by atoms with Crippen LogP contribution in [0.5, 0.6) is 0 Å². The molecule has 1 aromatic rings. The van der Waals surface area contributed by atoms with Crippen molar-refractivity contribution in [3.63, 3.8) is 0 Å². The van der Waals surface area contributed by atoms with Gasteiger partial charge in [0.2, 0.25) is 0 Å². The van der Waals surface area contributed by atoms with Gasteiger partial charge in [-0.3, -0.25) is 0 Å². The minimum atomic E-state index is -4.32. The summed E-state index contributed by atoms with van der Waals surface area (Å²) >= 11 is 0. The van der Waals surface area contributed by atoms with Crippen molar-refractivity contribution in [2.24, 2.45) is 0 Å². The first-order valence-corrected chi connectivity index (χ1v) is 6.44. The van der Waals surface area contributed by atoms with Gasteiger partial charge in [-0.05, 0) is 43.1 Å². The van der Waals surface area contributed by atoms with Gasteiger partial charge in [-0.15, -0.1) is 0 Å². The third-order valence-corrected chi connectivity index (χ3v) is 2.85. The van der Waals surface area contributed by atoms with Gasteiger partial charge in [0, 0.05) is 6.04 Å². The molecule has 1 atom stereocenters. The van der Waals surface area contributed by atoms with E-state index in [0.29, 0.717) is 13.0 Å². The standard InChI is InChI=1S/C14H19F4NO/c1-3-19-13(8-20-9-14(16,17)18)7-11-4-5-12(15)6-10(11)2/h4-6,13,19H,3,7-9H2,1-2H3. The predicted molar refractivity (Wildman–Crippen MR) is 69.2 cm³/mol. The molecule has 0 fully saturated rings. The van der Waals surface area contributed by atoms with Crippen LogP contribution in [0, 0.1) is 12.7 Å². The van der Waals surface area contributed by atoms with Crippen LogP contribution in [0.3, 0.4) is 0 Å². The Morgan fingerprint density at radius 3 is 2.55 bits per heavy atom. The summed E-state index contributed by atoms with van der Waals surface area (Å²) in [5.74, 6) is -0.320. The molecule has 0 heterocycles. The number of ether oxygens (including phenoxy) is 1. The highest BCUT2D eigenvalue weighted by Crippen LogP contribution is 2.16. The fourth-order valence-electron chi connectivity index (χ4n) is 1.95. The summed E-state index contributed by atoms with van der Waals surface area (Å²) in [6.45, 7) is 2.98. The number of aryl methyl sites for hydroxylation is 1. The minimum Gasteiger partial charge on any atom is -0.370 e. The molecule has 0 aliphatic heterocycles. The van der Waals surface area contributed by atoms with Crippen molar-refractivity contribution >= 4 is 0 Å². The lowest BCUT2D eigenvalue weighted by atomic mass is 10.0. The molecule has 0 aliphatic carbocycles. The average Bonchev–Trinajstić information content (AvgIpc) is 2.31. The molecule has 0 bridgehead atoms. The van der Waals surface area contributed by atoms with Crippen LogP contribution < -0.4 is 5.32 Å². The summed E-state index contributed by atoms with van der Waals surface area (Å²) in [7, 11) is 0. The van der Waals surface area contributed by atoms with Crippen molar-refractivity contribution in [2.75, 3.05) is 19.8 Å². The van der Waals surface area contributed by atoms with Gasteiger partial charge >= 0.3 is 6.18 Å². The van der Waals surface area contributed by atoms with Crippen molar-refractivity contribution in [1.29, 1.82) is 0 Å². The van der Waals surface area contributed by atoms with Gasteiger partial charge in [-0.2, -0.15) is 13.2 Å². The van der Waals surface area contributed by atoms with Crippen LogP contribution in [0.25, 0.3) is 0 Å². The van der Waals surface area contributed by atoms with Gasteiger partial charge in [0.05, 0.1) is 6.61 Å². The molecule has 6 heteroatoms. The molecule has 2 nitrogen and oxygen atoms in total. The quantitative estimate of drug-likeness (QED) is 0.779. The normalized spacial score (nSPS) is 13.5. The number of halogens is 4. The molecule has 20 heavy (non-hydrogen) atoms. The molecule has 114 valence electrons. The largest absolute Gasteiger partial charge is 0.411 e. The second-order valence-electron chi connectivity index (χ2n) is 4.66. The molecule has 1 rings (SSSR count). The zero-order valence-corrected chi connectivity index (χ0v) is 11.6. The van der Waals surface area contributed by atoms with Crippen molar-refractivity contribution in [3.8, 4) is 0 Å². The molecule has 1 aromatic carbocycles. The molecule has 0 radical (unpaired) electrons. The van der Waals surface area contributed by atoms with Crippen LogP contribution in [0.1, 0.15) is 18.1 Å². The lowest BCUT2D eigenvalue weighted by Gasteiger charge is -2.19. The van der Waals surface area contributed by atoms with E-state index >= 15 is 0 Å². The van der Waals surface area contributed by atoms with E-state index in [4.69, 9.17) is 0 Å². The average molecular weight is 293 g/mol. The Morgan fingerprint density at radius 1 is 1.30 bits per heavy atom. The first-order chi connectivity index (χ1) is 9.31. The number of likely N-dealkylation sites (N-methyl/N-ethyl adjacent to an activating group) is 1. The van der Waals surface area contributed by atoms with E-state index in [1.54, 1.807) is 13.0 Å². The number of nitrogens with one attached hydrogen (secondary N) is 1. The van der Waals surface area contributed by atoms with Crippen LogP contribution in [0.4, 0.5) is 17.6 Å². The molecular weight excluding hydrogens is 274 g/mol. The molecule has 0 saturated carbocycles. The second kappa shape index (κ2) is 7.59. The van der Waals surface area contributed by atoms with Crippen molar-refractivity contribution in [1.82, 2.24) is 5.32 Å². The summed E-state index contributed by atoms with van der Waals surface area (Å²) in [4.78, 5) is 0. The first kappa shape index (κ1) is 16.9. The number of benzene rings is 1. The molecule has 1 unspecified atom stereocenters. The SMILES string of the molecule is CCNC(COCC(F)(F)F)Cc1ccc(F)cc1C. The Morgan fingerprint density at radius 2 is 2.00 bits per heavy atom. The van der Waals surface area contributed by atoms with E-state index in [0.717, 1.165) is 11.1 Å². The van der Waals surface area contributed by atoms with Crippen LogP contribution in [-0.4, -0.2) is 32.0 Å². The third kappa shape index (κ3) is 6.34. The molecule has 1 N–H and O–H groups in total. The molecule has 0 saturated heterocycles. The van der Waals surface area contributed by atoms with Crippen molar-refractivity contribution < 1.29 is 22.3 Å². The lowest BCUT2D eigenvalue weighted by Crippen LogP contribution is -2.36. The predicted octanol–water partition coefficient (Wildman–Crippen LogP) is 3.23. The monoisotopic (exact) mass is 293 g/mol. The fraction of sp³-hybridized carbons (Fsp3) is 0.571. The van der Waals surface area contributed by atoms with Gasteiger partial charge < -0.3 is 10.1 Å². The Kier molecular flexibility index (Phi) is 6.42. The maximum Gasteiger partial charge on any atom is 0.411 e. The van der Waals surface area contributed by atoms with Gasteiger partial charge in [0.25, 0.3) is 0 Å². The maximum atomic E-state index is 13.0. The first-order valence-electron chi connectivity index (χ1n) is 6.44. The Balaban J connectivity index is 2.57. The minimum absolute atomic E-state index is 0.0375. The summed E-state index contributed by atoms with van der Waals surface area (Å²) in [5.41, 5.74) is 1.68. The number of rotatable bonds is 7. The summed E-state index contributed by atoms with van der Waals surface area (Å²) in [5, 5.41) is 3.07. The smallest absolute Gasteiger partial charge is 0.370 e. The third-order valence-electron chi connectivity index (χ3n) is 2.85. The lowest BCUT2D eigenvalue weighted by molar-refractivity contribution is -0.175. The number of hydrogen-bond donors (Lipinski definition) is 1. The van der Waals surface area contributed by atoms with Gasteiger partial charge in [-0.25, -0.2) is 4.39 Å². The van der Waals surface area contributed by atoms with E-state index in [-0.39, 0.29) is 18.5 Å². The maximum absolute atomic E-state index is 13.0. The molecular formula is C14H19F4NO. The fourth-order valence-corrected chi connectivity index (χ4v) is 1.95. The van der Waals surface area contributed by atoms with Crippen molar-refractivity contribution in [2.45, 2.75) is 32.5 Å². The number of alkyl halides is 3. The van der Waals surface area contributed by atoms with Crippen LogP contribution in [0.15, 0.2) is 18.2 Å². The second-order valence-corrected chi connectivity index (χ2v) is 4.66. The number of hydrogen-bond acceptors (Lipinski definition) is 2. The summed E-state index contributed by atoms with van der Waals surface area (Å²) in [6, 6.07) is 4.18. The summed E-state index contributed by atoms with van der Waals surface area (Å²) in [6.07, 6.45) is -3.82. The molecule has 0 aliphatic rings. The summed E-state index contributed by atoms with van der Waals surface area (Å²) < 4.78 is 53.8. The van der Waals surface area contributed by atoms with Crippen LogP contribution >= 0.6 is 0 Å².